The summed E-state index contributed by atoms with van der Waals surface area (Å²) in [6.07, 6.45) is 4.02. The van der Waals surface area contributed by atoms with Crippen LogP contribution in [0.3, 0.4) is 0 Å². The Morgan fingerprint density at radius 2 is 1.88 bits per heavy atom. The number of nitrogens with one attached hydrogen (secondary N) is 1. The molecule has 0 aromatic carbocycles. The summed E-state index contributed by atoms with van der Waals surface area (Å²) >= 11 is 0. The Labute approximate surface area is 158 Å². The number of carbonyl (C=O) groups is 1. The number of aromatic nitrogens is 3. The van der Waals surface area contributed by atoms with Gasteiger partial charge in [0.1, 0.15) is 0 Å². The van der Waals surface area contributed by atoms with Crippen LogP contribution in [-0.4, -0.2) is 51.5 Å². The van der Waals surface area contributed by atoms with Gasteiger partial charge in [0.2, 0.25) is 0 Å². The van der Waals surface area contributed by atoms with E-state index in [1.165, 1.54) is 0 Å². The molecule has 1 aromatic rings. The van der Waals surface area contributed by atoms with Gasteiger partial charge in [-0.1, -0.05) is 32.9 Å². The van der Waals surface area contributed by atoms with Crippen LogP contribution < -0.4 is 5.32 Å². The average molecular weight is 372 g/mol. The molecule has 144 valence electrons. The molecule has 1 aliphatic heterocycles. The van der Waals surface area contributed by atoms with Gasteiger partial charge in [0.05, 0.1) is 11.7 Å². The first-order valence-corrected chi connectivity index (χ1v) is 9.42. The van der Waals surface area contributed by atoms with E-state index < -0.39 is 0 Å². The van der Waals surface area contributed by atoms with Crippen molar-refractivity contribution in [3.63, 3.8) is 0 Å². The summed E-state index contributed by atoms with van der Waals surface area (Å²) in [5.41, 5.74) is 1.44. The molecule has 0 spiro atoms. The van der Waals surface area contributed by atoms with E-state index in [0.717, 1.165) is 51.0 Å². The number of piperidine rings is 1. The van der Waals surface area contributed by atoms with Gasteiger partial charge in [-0.3, -0.25) is 4.79 Å². The topological polar surface area (TPSA) is 63.1 Å². The standard InChI is InChI=1S/C18H33N5O.ClH/c1-6-15(7-2)22(12-13(3)4)18(24)17-14(5)23(21-20-17)16-8-10-19-11-9-16;/h13,15-16,19H,6-12H2,1-5H3;1H. The minimum absolute atomic E-state index is 0. The minimum Gasteiger partial charge on any atom is -0.334 e. The van der Waals surface area contributed by atoms with E-state index in [4.69, 9.17) is 0 Å². The van der Waals surface area contributed by atoms with Crippen LogP contribution in [0.25, 0.3) is 0 Å². The average Bonchev–Trinajstić information content (AvgIpc) is 2.96. The van der Waals surface area contributed by atoms with Crippen molar-refractivity contribution < 1.29 is 4.79 Å². The molecule has 0 saturated carbocycles. The van der Waals surface area contributed by atoms with Crippen LogP contribution in [0.1, 0.15) is 75.6 Å². The number of hydrogen-bond donors (Lipinski definition) is 1. The summed E-state index contributed by atoms with van der Waals surface area (Å²) in [6.45, 7) is 13.4. The molecule has 6 nitrogen and oxygen atoms in total. The molecular weight excluding hydrogens is 338 g/mol. The van der Waals surface area contributed by atoms with E-state index in [1.54, 1.807) is 0 Å². The highest BCUT2D eigenvalue weighted by Crippen LogP contribution is 2.22. The summed E-state index contributed by atoms with van der Waals surface area (Å²) < 4.78 is 1.97. The van der Waals surface area contributed by atoms with E-state index in [0.29, 0.717) is 17.7 Å². The number of carbonyl (C=O) groups excluding carboxylic acids is 1. The van der Waals surface area contributed by atoms with Crippen molar-refractivity contribution in [1.82, 2.24) is 25.2 Å². The van der Waals surface area contributed by atoms with Gasteiger partial charge < -0.3 is 10.2 Å². The summed E-state index contributed by atoms with van der Waals surface area (Å²) in [4.78, 5) is 15.2. The van der Waals surface area contributed by atoms with E-state index in [-0.39, 0.29) is 24.4 Å². The molecule has 0 atom stereocenters. The molecule has 1 amide bonds. The van der Waals surface area contributed by atoms with Gasteiger partial charge in [0.15, 0.2) is 5.69 Å². The van der Waals surface area contributed by atoms with Crippen LogP contribution >= 0.6 is 12.4 Å². The van der Waals surface area contributed by atoms with E-state index >= 15 is 0 Å². The Hall–Kier alpha value is -1.14. The fraction of sp³-hybridized carbons (Fsp3) is 0.833. The molecule has 1 fully saturated rings. The number of halogens is 1. The highest BCUT2D eigenvalue weighted by molar-refractivity contribution is 5.93. The molecule has 7 heteroatoms. The van der Waals surface area contributed by atoms with Crippen molar-refractivity contribution in [3.8, 4) is 0 Å². The van der Waals surface area contributed by atoms with Crippen molar-refractivity contribution >= 4 is 18.3 Å². The lowest BCUT2D eigenvalue weighted by Gasteiger charge is -2.31. The number of hydrogen-bond acceptors (Lipinski definition) is 4. The quantitative estimate of drug-likeness (QED) is 0.799. The first kappa shape index (κ1) is 21.9. The van der Waals surface area contributed by atoms with Crippen LogP contribution in [0, 0.1) is 12.8 Å². The van der Waals surface area contributed by atoms with E-state index in [1.807, 2.05) is 16.5 Å². The fourth-order valence-corrected chi connectivity index (χ4v) is 3.59. The maximum atomic E-state index is 13.2. The molecule has 0 radical (unpaired) electrons. The molecule has 1 saturated heterocycles. The minimum atomic E-state index is 0. The Morgan fingerprint density at radius 3 is 2.40 bits per heavy atom. The van der Waals surface area contributed by atoms with Gasteiger partial charge in [-0.15, -0.1) is 17.5 Å². The van der Waals surface area contributed by atoms with Crippen LogP contribution in [0.4, 0.5) is 0 Å². The van der Waals surface area contributed by atoms with Crippen molar-refractivity contribution in [2.24, 2.45) is 5.92 Å². The SMILES string of the molecule is CCC(CC)N(CC(C)C)C(=O)c1nnn(C2CCNCC2)c1C.Cl. The van der Waals surface area contributed by atoms with Gasteiger partial charge in [0.25, 0.3) is 5.91 Å². The first-order valence-electron chi connectivity index (χ1n) is 9.42. The molecule has 2 rings (SSSR count). The van der Waals surface area contributed by atoms with Gasteiger partial charge in [-0.05, 0) is 51.6 Å². The normalized spacial score (nSPS) is 15.5. The summed E-state index contributed by atoms with van der Waals surface area (Å²) in [5.74, 6) is 0.476. The summed E-state index contributed by atoms with van der Waals surface area (Å²) in [6, 6.07) is 0.621. The number of rotatable bonds is 7. The maximum Gasteiger partial charge on any atom is 0.276 e. The lowest BCUT2D eigenvalue weighted by molar-refractivity contribution is 0.0633. The summed E-state index contributed by atoms with van der Waals surface area (Å²) in [5, 5.41) is 12.0. The zero-order valence-electron chi connectivity index (χ0n) is 16.3. The predicted octanol–water partition coefficient (Wildman–Crippen LogP) is 3.22. The van der Waals surface area contributed by atoms with Crippen molar-refractivity contribution in [2.45, 2.75) is 72.4 Å². The van der Waals surface area contributed by atoms with Gasteiger partial charge in [0, 0.05) is 12.6 Å². The second-order valence-electron chi connectivity index (χ2n) is 7.27. The largest absolute Gasteiger partial charge is 0.334 e. The molecular formula is C18H34ClN5O. The number of amides is 1. The third-order valence-corrected chi connectivity index (χ3v) is 4.99. The van der Waals surface area contributed by atoms with E-state index in [9.17, 15) is 4.79 Å². The van der Waals surface area contributed by atoms with Gasteiger partial charge in [-0.2, -0.15) is 0 Å². The lowest BCUT2D eigenvalue weighted by atomic mass is 10.1. The third kappa shape index (κ3) is 5.17. The smallest absolute Gasteiger partial charge is 0.276 e. The van der Waals surface area contributed by atoms with Crippen molar-refractivity contribution in [3.05, 3.63) is 11.4 Å². The molecule has 2 heterocycles. The van der Waals surface area contributed by atoms with Crippen LogP contribution in [0.2, 0.25) is 0 Å². The molecule has 1 aliphatic rings. The van der Waals surface area contributed by atoms with Crippen LogP contribution in [0.5, 0.6) is 0 Å². The Morgan fingerprint density at radius 1 is 1.28 bits per heavy atom. The highest BCUT2D eigenvalue weighted by Gasteiger charge is 2.29. The third-order valence-electron chi connectivity index (χ3n) is 4.99. The van der Waals surface area contributed by atoms with Gasteiger partial charge in [-0.25, -0.2) is 4.68 Å². The Kier molecular flexibility index (Phi) is 8.86. The van der Waals surface area contributed by atoms with Crippen molar-refractivity contribution in [1.29, 1.82) is 0 Å². The Bertz CT molecular complexity index is 536. The molecule has 1 aromatic heterocycles. The van der Waals surface area contributed by atoms with Crippen molar-refractivity contribution in [2.75, 3.05) is 19.6 Å². The molecule has 0 aliphatic carbocycles. The second kappa shape index (κ2) is 10.1. The zero-order chi connectivity index (χ0) is 17.7. The first-order chi connectivity index (χ1) is 11.5. The van der Waals surface area contributed by atoms with Gasteiger partial charge >= 0.3 is 0 Å². The second-order valence-corrected chi connectivity index (χ2v) is 7.27. The van der Waals surface area contributed by atoms with Crippen LogP contribution in [-0.2, 0) is 0 Å². The Balaban J connectivity index is 0.00000312. The van der Waals surface area contributed by atoms with Crippen LogP contribution in [0.15, 0.2) is 0 Å². The van der Waals surface area contributed by atoms with E-state index in [2.05, 4.69) is 43.3 Å². The maximum absolute atomic E-state index is 13.2. The fourth-order valence-electron chi connectivity index (χ4n) is 3.59. The predicted molar refractivity (Wildman–Crippen MR) is 103 cm³/mol. The molecule has 0 bridgehead atoms. The molecule has 25 heavy (non-hydrogen) atoms. The number of nitrogens with zero attached hydrogens (tertiary/aromatic N) is 4. The summed E-state index contributed by atoms with van der Waals surface area (Å²) in [7, 11) is 0. The lowest BCUT2D eigenvalue weighted by Crippen LogP contribution is -2.42. The monoisotopic (exact) mass is 371 g/mol. The highest BCUT2D eigenvalue weighted by atomic mass is 35.5. The molecule has 1 N–H and O–H groups in total. The molecule has 0 unspecified atom stereocenters. The zero-order valence-corrected chi connectivity index (χ0v) is 17.1.